The summed E-state index contributed by atoms with van der Waals surface area (Å²) < 4.78 is 58.5. The molecular formula is C14H10N6O6S2. The first-order valence-electron chi connectivity index (χ1n) is 7.10. The highest BCUT2D eigenvalue weighted by Crippen LogP contribution is 2.26. The van der Waals surface area contributed by atoms with Crippen LogP contribution in [0.15, 0.2) is 86.2 Å². The molecule has 0 fully saturated rings. The van der Waals surface area contributed by atoms with Crippen LogP contribution in [0.3, 0.4) is 0 Å². The van der Waals surface area contributed by atoms with E-state index in [1.807, 2.05) is 0 Å². The zero-order valence-electron chi connectivity index (χ0n) is 13.7. The molecule has 0 amide bonds. The molecule has 0 spiro atoms. The molecule has 28 heavy (non-hydrogen) atoms. The van der Waals surface area contributed by atoms with Gasteiger partial charge in [0.1, 0.15) is 4.91 Å². The highest BCUT2D eigenvalue weighted by atomic mass is 32.3. The van der Waals surface area contributed by atoms with Crippen LogP contribution in [0.4, 0.5) is 0 Å². The van der Waals surface area contributed by atoms with Gasteiger partial charge < -0.3 is 10.6 Å². The van der Waals surface area contributed by atoms with Gasteiger partial charge in [0.05, 0.1) is 0 Å². The number of rotatable bonds is 5. The third-order valence-electron chi connectivity index (χ3n) is 3.11. The number of nitrogens with zero attached hydrogens (tertiary/aromatic N) is 6. The lowest BCUT2D eigenvalue weighted by Gasteiger charge is -2.11. The Morgan fingerprint density at radius 1 is 1.04 bits per heavy atom. The Labute approximate surface area is 159 Å². The molecule has 1 N–H and O–H groups in total. The summed E-state index contributed by atoms with van der Waals surface area (Å²) >= 11 is 0. The zero-order chi connectivity index (χ0) is 20.8. The van der Waals surface area contributed by atoms with E-state index in [9.17, 15) is 16.8 Å². The number of diazo groups is 1. The van der Waals surface area contributed by atoms with Gasteiger partial charge >= 0.3 is 25.6 Å². The van der Waals surface area contributed by atoms with Crippen molar-refractivity contribution in [3.8, 4) is 0 Å². The van der Waals surface area contributed by atoms with E-state index in [-0.39, 0.29) is 11.3 Å². The molecule has 0 aromatic heterocycles. The van der Waals surface area contributed by atoms with Crippen LogP contribution in [0.5, 0.6) is 0 Å². The first-order valence-corrected chi connectivity index (χ1v) is 9.88. The standard InChI is InChI=1S/C14H10N6O6S2/c15-19-17-12-6-2-10(3-7-12)1-4-11-5-8-13(18-20-16)9-14(11)27(21,22)26-28(23,24)25/h1-9H,(H,23,24,25). The summed E-state index contributed by atoms with van der Waals surface area (Å²) in [6.45, 7) is 0. The predicted molar refractivity (Wildman–Crippen MR) is 99.0 cm³/mol. The van der Waals surface area contributed by atoms with Crippen molar-refractivity contribution in [2.24, 2.45) is 15.4 Å². The van der Waals surface area contributed by atoms with Gasteiger partial charge in [-0.2, -0.15) is 16.8 Å². The Hall–Kier alpha value is -3.38. The van der Waals surface area contributed by atoms with Gasteiger partial charge in [0.15, 0.2) is 10.8 Å². The molecule has 144 valence electrons. The van der Waals surface area contributed by atoms with Crippen molar-refractivity contribution in [3.63, 3.8) is 0 Å². The summed E-state index contributed by atoms with van der Waals surface area (Å²) in [4.78, 5) is -0.642. The summed E-state index contributed by atoms with van der Waals surface area (Å²) in [5.41, 5.74) is 9.24. The van der Waals surface area contributed by atoms with Crippen molar-refractivity contribution in [3.05, 3.63) is 81.4 Å². The first-order chi connectivity index (χ1) is 13.1. The van der Waals surface area contributed by atoms with Crippen LogP contribution in [0.25, 0.3) is 10.6 Å². The smallest absolute Gasteiger partial charge is 0.362 e. The van der Waals surface area contributed by atoms with Crippen molar-refractivity contribution in [1.29, 1.82) is 5.39 Å². The van der Waals surface area contributed by atoms with E-state index < -0.39 is 25.4 Å². The van der Waals surface area contributed by atoms with Crippen LogP contribution >= 0.6 is 0 Å². The van der Waals surface area contributed by atoms with Gasteiger partial charge in [0, 0.05) is 0 Å². The second-order valence-corrected chi connectivity index (χ2v) is 7.72. The summed E-state index contributed by atoms with van der Waals surface area (Å²) in [5.74, 6) is 0. The summed E-state index contributed by atoms with van der Waals surface area (Å²) in [5, 5.41) is 20.3. The molecule has 0 unspecified atom stereocenters. The predicted octanol–water partition coefficient (Wildman–Crippen LogP) is 2.15. The van der Waals surface area contributed by atoms with Crippen molar-refractivity contribution in [2.75, 3.05) is 0 Å². The lowest BCUT2D eigenvalue weighted by Crippen LogP contribution is -2.17. The number of allylic oxidation sites excluding steroid dienone is 11. The quantitative estimate of drug-likeness (QED) is 0.304. The highest BCUT2D eigenvalue weighted by Gasteiger charge is 2.29. The Balaban J connectivity index is 2.45. The van der Waals surface area contributed by atoms with Crippen LogP contribution in [-0.2, 0) is 24.1 Å². The van der Waals surface area contributed by atoms with Crippen molar-refractivity contribution in [2.45, 2.75) is 0 Å². The molecule has 0 bridgehead atoms. The maximum Gasteiger partial charge on any atom is 0.412 e. The van der Waals surface area contributed by atoms with Crippen LogP contribution in [0.2, 0.25) is 0 Å². The second kappa shape index (κ2) is 8.54. The summed E-state index contributed by atoms with van der Waals surface area (Å²) in [6.07, 6.45) is 12.5. The Morgan fingerprint density at radius 3 is 2.25 bits per heavy atom. The zero-order valence-corrected chi connectivity index (χ0v) is 15.3. The molecule has 2 rings (SSSR count). The fourth-order valence-electron chi connectivity index (χ4n) is 2.03. The molecule has 2 aliphatic carbocycles. The van der Waals surface area contributed by atoms with Crippen molar-refractivity contribution in [1.82, 2.24) is 0 Å². The molecule has 0 heterocycles. The van der Waals surface area contributed by atoms with Crippen LogP contribution in [-0.4, -0.2) is 32.8 Å². The van der Waals surface area contributed by atoms with E-state index in [0.717, 1.165) is 6.08 Å². The minimum absolute atomic E-state index is 0.000313. The fraction of sp³-hybridized carbons (Fsp3) is 0. The molecule has 2 aliphatic rings. The average molecular weight is 422 g/mol. The highest BCUT2D eigenvalue weighted by molar-refractivity contribution is 8.00. The normalized spacial score (nSPS) is 19.5. The number of hydrogen-bond acceptors (Lipinski definition) is 8. The Kier molecular flexibility index (Phi) is 6.38. The van der Waals surface area contributed by atoms with Crippen LogP contribution in [0, 0.1) is 5.39 Å². The molecule has 0 aromatic rings. The molecule has 0 radical (unpaired) electrons. The largest absolute Gasteiger partial charge is 0.412 e. The van der Waals surface area contributed by atoms with E-state index in [1.165, 1.54) is 36.5 Å². The van der Waals surface area contributed by atoms with E-state index in [1.54, 1.807) is 12.2 Å². The SMILES string of the molecule is N#[N+]N=C1C=CC(=CC=C2C=CC(=NN=[N-])C=C2)C(S(=O)(=O)OS(=O)(=O)O)=C1. The lowest BCUT2D eigenvalue weighted by atomic mass is 10.0. The molecule has 0 atom stereocenters. The average Bonchev–Trinajstić information content (AvgIpc) is 2.60. The molecule has 0 aromatic carbocycles. The molecule has 12 nitrogen and oxygen atoms in total. The first kappa shape index (κ1) is 20.9. The van der Waals surface area contributed by atoms with E-state index >= 15 is 0 Å². The molecule has 0 saturated heterocycles. The molecular weight excluding hydrogens is 412 g/mol. The van der Waals surface area contributed by atoms with Crippen molar-refractivity contribution >= 4 is 31.9 Å². The van der Waals surface area contributed by atoms with Crippen molar-refractivity contribution < 1.29 is 25.0 Å². The van der Waals surface area contributed by atoms with Gasteiger partial charge in [-0.3, -0.25) is 9.78 Å². The Bertz CT molecular complexity index is 1170. The molecule has 14 heteroatoms. The maximum atomic E-state index is 12.2. The fourth-order valence-corrected chi connectivity index (χ4v) is 3.92. The third-order valence-corrected chi connectivity index (χ3v) is 5.41. The second-order valence-electron chi connectivity index (χ2n) is 4.98. The minimum atomic E-state index is -5.30. The van der Waals surface area contributed by atoms with E-state index in [2.05, 4.69) is 24.1 Å². The van der Waals surface area contributed by atoms with E-state index in [0.29, 0.717) is 11.3 Å². The summed E-state index contributed by atoms with van der Waals surface area (Å²) in [7, 11) is -10.2. The van der Waals surface area contributed by atoms with Gasteiger partial charge in [0.25, 0.3) is 5.39 Å². The Morgan fingerprint density at radius 2 is 1.68 bits per heavy atom. The van der Waals surface area contributed by atoms with Crippen LogP contribution < -0.4 is 0 Å². The third kappa shape index (κ3) is 5.82. The van der Waals surface area contributed by atoms with Gasteiger partial charge in [-0.1, -0.05) is 42.5 Å². The van der Waals surface area contributed by atoms with Gasteiger partial charge in [-0.15, -0.1) is 3.63 Å². The minimum Gasteiger partial charge on any atom is -0.362 e. The van der Waals surface area contributed by atoms with Gasteiger partial charge in [-0.05, 0) is 29.0 Å². The van der Waals surface area contributed by atoms with Gasteiger partial charge in [0.2, 0.25) is 0 Å². The van der Waals surface area contributed by atoms with Crippen LogP contribution in [0.1, 0.15) is 0 Å². The summed E-state index contributed by atoms with van der Waals surface area (Å²) in [6, 6.07) is 0. The topological polar surface area (TPSA) is 185 Å². The number of hydrogen-bond donors (Lipinski definition) is 1. The van der Waals surface area contributed by atoms with E-state index in [4.69, 9.17) is 15.5 Å². The molecule has 0 aliphatic heterocycles. The maximum absolute atomic E-state index is 12.2. The molecule has 0 saturated carbocycles. The van der Waals surface area contributed by atoms with Gasteiger partial charge in [-0.25, -0.2) is 0 Å². The monoisotopic (exact) mass is 422 g/mol. The lowest BCUT2D eigenvalue weighted by molar-refractivity contribution is 0.386.